The summed E-state index contributed by atoms with van der Waals surface area (Å²) in [5, 5.41) is 11.4. The summed E-state index contributed by atoms with van der Waals surface area (Å²) in [6, 6.07) is 9.64. The molecule has 4 aromatic rings. The molecule has 3 heterocycles. The van der Waals surface area contributed by atoms with Gasteiger partial charge in [-0.05, 0) is 48.6 Å². The zero-order valence-corrected chi connectivity index (χ0v) is 34.3. The molecule has 271 valence electrons. The van der Waals surface area contributed by atoms with Crippen molar-refractivity contribution >= 4 is 38.5 Å². The number of alkyl halides is 3. The van der Waals surface area contributed by atoms with Crippen LogP contribution in [0.3, 0.4) is 0 Å². The van der Waals surface area contributed by atoms with E-state index >= 15 is 0 Å². The molecular formula is C39H50F3IrN2O2S2-. The zero-order chi connectivity index (χ0) is 36.0. The molecule has 10 heteroatoms. The van der Waals surface area contributed by atoms with Crippen molar-refractivity contribution < 1.29 is 43.2 Å². The SMILES string of the molecule is CCC(CC)C(=O)/C=C(\O)C(CC)CC.Cc1[c-]c(-c2nccc3c(C(C)C)c(-c4cnc(CC(C)(C)C(F)(F)F)s4)sc23)cc(C)c1.[Ir]. The first-order chi connectivity index (χ1) is 22.5. The number of hydrogen-bond donors (Lipinski definition) is 1. The van der Waals surface area contributed by atoms with Crippen LogP contribution in [0.1, 0.15) is 109 Å². The Bertz CT molecular complexity index is 1690. The molecule has 0 saturated carbocycles. The van der Waals surface area contributed by atoms with Crippen molar-refractivity contribution in [1.29, 1.82) is 0 Å². The zero-order valence-electron chi connectivity index (χ0n) is 30.3. The number of halogens is 3. The molecule has 0 aliphatic carbocycles. The van der Waals surface area contributed by atoms with Gasteiger partial charge in [0.25, 0.3) is 0 Å². The second-order valence-electron chi connectivity index (χ2n) is 13.5. The van der Waals surface area contributed by atoms with Crippen molar-refractivity contribution in [2.45, 2.75) is 113 Å². The summed E-state index contributed by atoms with van der Waals surface area (Å²) in [5.41, 5.74) is 3.43. The van der Waals surface area contributed by atoms with E-state index in [1.807, 2.05) is 46.9 Å². The van der Waals surface area contributed by atoms with Gasteiger partial charge in [-0.2, -0.15) is 13.2 Å². The van der Waals surface area contributed by atoms with Crippen LogP contribution in [0.2, 0.25) is 0 Å². The van der Waals surface area contributed by atoms with E-state index < -0.39 is 11.6 Å². The Morgan fingerprint density at radius 3 is 2.12 bits per heavy atom. The first kappa shape index (κ1) is 42.8. The predicted molar refractivity (Wildman–Crippen MR) is 196 cm³/mol. The van der Waals surface area contributed by atoms with Crippen molar-refractivity contribution in [3.63, 3.8) is 0 Å². The van der Waals surface area contributed by atoms with Crippen LogP contribution in [-0.2, 0) is 31.3 Å². The van der Waals surface area contributed by atoms with Crippen molar-refractivity contribution in [2.75, 3.05) is 0 Å². The molecule has 0 aliphatic heterocycles. The number of aliphatic hydroxyl groups is 1. The van der Waals surface area contributed by atoms with Crippen LogP contribution < -0.4 is 0 Å². The number of aromatic nitrogens is 2. The molecular weight excluding hydrogens is 842 g/mol. The topological polar surface area (TPSA) is 63.1 Å². The summed E-state index contributed by atoms with van der Waals surface area (Å²) in [6.07, 6.45) is 4.05. The van der Waals surface area contributed by atoms with Crippen LogP contribution in [0.15, 0.2) is 42.4 Å². The van der Waals surface area contributed by atoms with Crippen molar-refractivity contribution in [3.05, 3.63) is 70.2 Å². The number of thiophene rings is 1. The number of nitrogens with zero attached hydrogens (tertiary/aromatic N) is 2. The quantitative estimate of drug-likeness (QED) is 0.0874. The number of aliphatic hydroxyl groups excluding tert-OH is 1. The fourth-order valence-electron chi connectivity index (χ4n) is 5.77. The smallest absolute Gasteiger partial charge is 0.394 e. The minimum atomic E-state index is -4.28. The van der Waals surface area contributed by atoms with Crippen LogP contribution in [-0.4, -0.2) is 27.0 Å². The van der Waals surface area contributed by atoms with Gasteiger partial charge in [0.15, 0.2) is 5.78 Å². The van der Waals surface area contributed by atoms with Gasteiger partial charge in [0.1, 0.15) is 0 Å². The molecule has 1 N–H and O–H groups in total. The molecule has 49 heavy (non-hydrogen) atoms. The predicted octanol–water partition coefficient (Wildman–Crippen LogP) is 12.6. The summed E-state index contributed by atoms with van der Waals surface area (Å²) < 4.78 is 41.2. The van der Waals surface area contributed by atoms with Crippen molar-refractivity contribution in [2.24, 2.45) is 17.3 Å². The average molecular weight is 892 g/mol. The fourth-order valence-corrected chi connectivity index (χ4v) is 8.48. The Labute approximate surface area is 312 Å². The Kier molecular flexibility index (Phi) is 15.9. The number of allylic oxidation sites excluding steroid dienone is 2. The number of ketones is 1. The van der Waals surface area contributed by atoms with E-state index in [2.05, 4.69) is 48.9 Å². The third-order valence-corrected chi connectivity index (χ3v) is 11.2. The number of fused-ring (bicyclic) bond motifs is 1. The number of carbonyl (C=O) groups is 1. The number of aryl methyl sites for hydroxylation is 2. The van der Waals surface area contributed by atoms with Crippen LogP contribution in [0.25, 0.3) is 31.1 Å². The maximum atomic E-state index is 13.4. The fraction of sp³-hybridized carbons (Fsp3) is 0.513. The first-order valence-electron chi connectivity index (χ1n) is 16.9. The molecule has 1 radical (unpaired) electrons. The number of thiazole rings is 1. The molecule has 1 aromatic carbocycles. The van der Waals surface area contributed by atoms with Gasteiger partial charge in [-0.3, -0.25) is 4.79 Å². The molecule has 4 rings (SSSR count). The second kappa shape index (κ2) is 18.2. The summed E-state index contributed by atoms with van der Waals surface area (Å²) >= 11 is 2.99. The van der Waals surface area contributed by atoms with Crippen LogP contribution in [0, 0.1) is 37.2 Å². The number of pyridine rings is 1. The second-order valence-corrected chi connectivity index (χ2v) is 15.6. The van der Waals surface area contributed by atoms with Gasteiger partial charge in [-0.25, -0.2) is 4.98 Å². The number of benzene rings is 1. The molecule has 0 bridgehead atoms. The minimum Gasteiger partial charge on any atom is -0.512 e. The molecule has 0 atom stereocenters. The van der Waals surface area contributed by atoms with Crippen LogP contribution >= 0.6 is 22.7 Å². The molecule has 3 aromatic heterocycles. The monoisotopic (exact) mass is 892 g/mol. The molecule has 0 fully saturated rings. The molecule has 0 unspecified atom stereocenters. The molecule has 0 amide bonds. The van der Waals surface area contributed by atoms with Crippen LogP contribution in [0.4, 0.5) is 13.2 Å². The first-order valence-corrected chi connectivity index (χ1v) is 18.5. The van der Waals surface area contributed by atoms with Gasteiger partial charge in [0.05, 0.1) is 21.1 Å². The molecule has 0 aliphatic rings. The van der Waals surface area contributed by atoms with E-state index in [1.54, 1.807) is 17.5 Å². The largest absolute Gasteiger partial charge is 0.512 e. The van der Waals surface area contributed by atoms with E-state index in [4.69, 9.17) is 0 Å². The molecule has 4 nitrogen and oxygen atoms in total. The van der Waals surface area contributed by atoms with Gasteiger partial charge < -0.3 is 10.1 Å². The van der Waals surface area contributed by atoms with E-state index in [9.17, 15) is 23.1 Å². The summed E-state index contributed by atoms with van der Waals surface area (Å²) in [6.45, 7) is 18.9. The third-order valence-electron chi connectivity index (χ3n) is 8.84. The number of hydrogen-bond acceptors (Lipinski definition) is 6. The van der Waals surface area contributed by atoms with Gasteiger partial charge in [-0.1, -0.05) is 69.2 Å². The minimum absolute atomic E-state index is 0. The Morgan fingerprint density at radius 1 is 0.980 bits per heavy atom. The maximum Gasteiger partial charge on any atom is 0.394 e. The van der Waals surface area contributed by atoms with Gasteiger partial charge in [0.2, 0.25) is 0 Å². The Hall–Kier alpha value is -2.39. The Morgan fingerprint density at radius 2 is 1.59 bits per heavy atom. The van der Waals surface area contributed by atoms with Gasteiger partial charge >= 0.3 is 6.18 Å². The van der Waals surface area contributed by atoms with Crippen molar-refractivity contribution in [1.82, 2.24) is 9.97 Å². The normalized spacial score (nSPS) is 12.4. The van der Waals surface area contributed by atoms with E-state index in [0.29, 0.717) is 5.01 Å². The van der Waals surface area contributed by atoms with Gasteiger partial charge in [-0.15, -0.1) is 57.6 Å². The summed E-state index contributed by atoms with van der Waals surface area (Å²) in [5.74, 6) is 0.788. The molecule has 0 spiro atoms. The average Bonchev–Trinajstić information content (AvgIpc) is 3.62. The Balaban J connectivity index is 0.000000444. The standard InChI is InChI=1S/C26H26F3N2S2.C13H24O2.Ir/c1-14(2)21-18-7-8-30-22(17-10-15(3)9-16(4)11-17)23(18)33-24(21)19-13-31-20(32-19)12-25(5,6)26(27,28)29;1-5-10(6-2)12(14)9-13(15)11(7-3)8-4;/h7-10,13-14H,12H2,1-6H3;9-11,14H,5-8H2,1-4H3;/q-1;;/b;12-9-;. The van der Waals surface area contributed by atoms with Crippen LogP contribution in [0.5, 0.6) is 0 Å². The summed E-state index contributed by atoms with van der Waals surface area (Å²) in [4.78, 5) is 22.7. The van der Waals surface area contributed by atoms with E-state index in [-0.39, 0.29) is 55.8 Å². The van der Waals surface area contributed by atoms with E-state index in [1.165, 1.54) is 36.8 Å². The third kappa shape index (κ3) is 10.6. The number of rotatable bonds is 12. The summed E-state index contributed by atoms with van der Waals surface area (Å²) in [7, 11) is 0. The maximum absolute atomic E-state index is 13.4. The van der Waals surface area contributed by atoms with Gasteiger partial charge in [0, 0.05) is 72.1 Å². The van der Waals surface area contributed by atoms with E-state index in [0.717, 1.165) is 67.9 Å². The van der Waals surface area contributed by atoms with Crippen molar-refractivity contribution in [3.8, 4) is 21.0 Å². The number of carbonyl (C=O) groups excluding carboxylic acids is 1. The molecule has 0 saturated heterocycles.